The molecule has 0 atom stereocenters. The monoisotopic (exact) mass is 463 g/mol. The standard InChI is InChI=1S/C19H12Cl2F5N3O/c1-7-18(8(2)29(28-7)6-9-10(20)4-3-5-11(9)21)27-19(30)12-13(22)15(24)17(26)16(25)14(12)23/h3-5H,6H2,1-2H3,(H,27,30). The summed E-state index contributed by atoms with van der Waals surface area (Å²) in [6, 6.07) is 4.91. The second-order valence-corrected chi connectivity index (χ2v) is 7.12. The molecule has 1 aromatic heterocycles. The summed E-state index contributed by atoms with van der Waals surface area (Å²) in [5.41, 5.74) is -0.406. The number of hydrogen-bond acceptors (Lipinski definition) is 2. The van der Waals surface area contributed by atoms with Gasteiger partial charge in [-0.2, -0.15) is 5.10 Å². The van der Waals surface area contributed by atoms with E-state index in [2.05, 4.69) is 10.4 Å². The highest BCUT2D eigenvalue weighted by atomic mass is 35.5. The van der Waals surface area contributed by atoms with Crippen molar-refractivity contribution in [3.63, 3.8) is 0 Å². The normalized spacial score (nSPS) is 11.1. The third-order valence-corrected chi connectivity index (χ3v) is 5.13. The lowest BCUT2D eigenvalue weighted by Gasteiger charge is -2.11. The molecule has 0 aliphatic carbocycles. The molecule has 0 unspecified atom stereocenters. The summed E-state index contributed by atoms with van der Waals surface area (Å²) >= 11 is 12.3. The van der Waals surface area contributed by atoms with Gasteiger partial charge in [0.2, 0.25) is 5.82 Å². The van der Waals surface area contributed by atoms with Gasteiger partial charge in [0.1, 0.15) is 5.56 Å². The van der Waals surface area contributed by atoms with Gasteiger partial charge < -0.3 is 5.32 Å². The summed E-state index contributed by atoms with van der Waals surface area (Å²) in [6.45, 7) is 3.15. The van der Waals surface area contributed by atoms with Gasteiger partial charge in [-0.25, -0.2) is 22.0 Å². The Hall–Kier alpha value is -2.65. The Morgan fingerprint density at radius 1 is 0.967 bits per heavy atom. The number of aryl methyl sites for hydroxylation is 1. The first-order valence-corrected chi connectivity index (χ1v) is 9.09. The molecule has 0 aliphatic rings. The van der Waals surface area contributed by atoms with Crippen LogP contribution in [0.4, 0.5) is 27.6 Å². The summed E-state index contributed by atoms with van der Waals surface area (Å²) < 4.78 is 69.2. The molecular weight excluding hydrogens is 452 g/mol. The number of anilines is 1. The van der Waals surface area contributed by atoms with Crippen LogP contribution in [0, 0.1) is 42.9 Å². The van der Waals surface area contributed by atoms with E-state index in [0.29, 0.717) is 21.3 Å². The Morgan fingerprint density at radius 2 is 1.47 bits per heavy atom. The molecule has 0 bridgehead atoms. The molecule has 30 heavy (non-hydrogen) atoms. The van der Waals surface area contributed by atoms with E-state index >= 15 is 0 Å². The molecule has 0 saturated heterocycles. The average molecular weight is 464 g/mol. The van der Waals surface area contributed by atoms with Crippen LogP contribution in [0.5, 0.6) is 0 Å². The molecule has 4 nitrogen and oxygen atoms in total. The molecule has 158 valence electrons. The molecule has 11 heteroatoms. The van der Waals surface area contributed by atoms with Gasteiger partial charge in [-0.15, -0.1) is 0 Å². The van der Waals surface area contributed by atoms with Crippen LogP contribution in [0.2, 0.25) is 10.0 Å². The quantitative estimate of drug-likeness (QED) is 0.301. The van der Waals surface area contributed by atoms with E-state index in [1.807, 2.05) is 0 Å². The van der Waals surface area contributed by atoms with Gasteiger partial charge >= 0.3 is 0 Å². The number of rotatable bonds is 4. The maximum absolute atomic E-state index is 13.9. The van der Waals surface area contributed by atoms with E-state index in [1.165, 1.54) is 11.6 Å². The van der Waals surface area contributed by atoms with Gasteiger partial charge in [0.05, 0.1) is 23.6 Å². The Bertz CT molecular complexity index is 1130. The SMILES string of the molecule is Cc1nn(Cc2c(Cl)cccc2Cl)c(C)c1NC(=O)c1c(F)c(F)c(F)c(F)c1F. The number of nitrogens with one attached hydrogen (secondary N) is 1. The van der Waals surface area contributed by atoms with E-state index < -0.39 is 40.6 Å². The minimum Gasteiger partial charge on any atom is -0.319 e. The lowest BCUT2D eigenvalue weighted by molar-refractivity contribution is 0.101. The third kappa shape index (κ3) is 3.75. The van der Waals surface area contributed by atoms with E-state index in [1.54, 1.807) is 25.1 Å². The number of nitrogens with zero attached hydrogens (tertiary/aromatic N) is 2. The summed E-state index contributed by atoms with van der Waals surface area (Å²) in [5.74, 6) is -12.7. The molecule has 1 heterocycles. The number of carbonyl (C=O) groups excluding carboxylic acids is 1. The average Bonchev–Trinajstić information content (AvgIpc) is 2.95. The van der Waals surface area contributed by atoms with Gasteiger partial charge in [-0.05, 0) is 26.0 Å². The van der Waals surface area contributed by atoms with Crippen LogP contribution in [0.3, 0.4) is 0 Å². The maximum Gasteiger partial charge on any atom is 0.261 e. The van der Waals surface area contributed by atoms with Crippen molar-refractivity contribution in [2.75, 3.05) is 5.32 Å². The molecular formula is C19H12Cl2F5N3O. The van der Waals surface area contributed by atoms with Gasteiger partial charge in [-0.3, -0.25) is 9.48 Å². The van der Waals surface area contributed by atoms with E-state index in [-0.39, 0.29) is 17.9 Å². The van der Waals surface area contributed by atoms with Crippen molar-refractivity contribution in [1.82, 2.24) is 9.78 Å². The van der Waals surface area contributed by atoms with Crippen LogP contribution >= 0.6 is 23.2 Å². The zero-order valence-corrected chi connectivity index (χ0v) is 16.9. The molecule has 1 amide bonds. The molecule has 0 saturated carbocycles. The van der Waals surface area contributed by atoms with Gasteiger partial charge in [0.15, 0.2) is 23.3 Å². The zero-order chi connectivity index (χ0) is 22.3. The molecule has 3 aromatic rings. The zero-order valence-electron chi connectivity index (χ0n) is 15.4. The van der Waals surface area contributed by atoms with Crippen LogP contribution in [0.25, 0.3) is 0 Å². The molecule has 0 spiro atoms. The highest BCUT2D eigenvalue weighted by Crippen LogP contribution is 2.29. The predicted octanol–water partition coefficient (Wildman–Crippen LogP) is 5.80. The Balaban J connectivity index is 1.97. The summed E-state index contributed by atoms with van der Waals surface area (Å²) in [7, 11) is 0. The fraction of sp³-hybridized carbons (Fsp3) is 0.158. The van der Waals surface area contributed by atoms with E-state index in [9.17, 15) is 26.7 Å². The number of benzene rings is 2. The number of aromatic nitrogens is 2. The fourth-order valence-electron chi connectivity index (χ4n) is 2.85. The predicted molar refractivity (Wildman–Crippen MR) is 101 cm³/mol. The minimum atomic E-state index is -2.35. The maximum atomic E-state index is 13.9. The topological polar surface area (TPSA) is 46.9 Å². The Labute approximate surface area is 177 Å². The first kappa shape index (κ1) is 22.0. The van der Waals surface area contributed by atoms with Crippen molar-refractivity contribution >= 4 is 34.8 Å². The summed E-state index contributed by atoms with van der Waals surface area (Å²) in [4.78, 5) is 12.3. The fourth-order valence-corrected chi connectivity index (χ4v) is 3.36. The van der Waals surface area contributed by atoms with Crippen molar-refractivity contribution in [3.05, 3.63) is 79.8 Å². The van der Waals surface area contributed by atoms with Crippen molar-refractivity contribution < 1.29 is 26.7 Å². The first-order valence-electron chi connectivity index (χ1n) is 8.34. The van der Waals surface area contributed by atoms with Crippen molar-refractivity contribution in [2.45, 2.75) is 20.4 Å². The summed E-state index contributed by atoms with van der Waals surface area (Å²) in [5, 5.41) is 7.13. The Kier molecular flexibility index (Phi) is 6.05. The second-order valence-electron chi connectivity index (χ2n) is 6.30. The summed E-state index contributed by atoms with van der Waals surface area (Å²) in [6.07, 6.45) is 0. The van der Waals surface area contributed by atoms with Crippen LogP contribution < -0.4 is 5.32 Å². The number of hydrogen-bond donors (Lipinski definition) is 1. The van der Waals surface area contributed by atoms with Gasteiger partial charge in [-0.1, -0.05) is 29.3 Å². The third-order valence-electron chi connectivity index (χ3n) is 4.43. The van der Waals surface area contributed by atoms with Crippen LogP contribution in [-0.2, 0) is 6.54 Å². The van der Waals surface area contributed by atoms with E-state index in [0.717, 1.165) is 0 Å². The smallest absolute Gasteiger partial charge is 0.261 e. The van der Waals surface area contributed by atoms with Crippen molar-refractivity contribution in [2.24, 2.45) is 0 Å². The van der Waals surface area contributed by atoms with Crippen LogP contribution in [0.1, 0.15) is 27.3 Å². The van der Waals surface area contributed by atoms with Crippen LogP contribution in [-0.4, -0.2) is 15.7 Å². The first-order chi connectivity index (χ1) is 14.0. The van der Waals surface area contributed by atoms with Crippen molar-refractivity contribution in [1.29, 1.82) is 0 Å². The van der Waals surface area contributed by atoms with Gasteiger partial charge in [0.25, 0.3) is 5.91 Å². The minimum absolute atomic E-state index is 0.0483. The van der Waals surface area contributed by atoms with Gasteiger partial charge in [0, 0.05) is 15.6 Å². The largest absolute Gasteiger partial charge is 0.319 e. The number of halogens is 7. The molecule has 1 N–H and O–H groups in total. The molecule has 0 radical (unpaired) electrons. The Morgan fingerprint density at radius 3 is 2.00 bits per heavy atom. The number of carbonyl (C=O) groups is 1. The van der Waals surface area contributed by atoms with E-state index in [4.69, 9.17) is 23.2 Å². The van der Waals surface area contributed by atoms with Crippen molar-refractivity contribution in [3.8, 4) is 0 Å². The molecule has 0 aliphatic heterocycles. The lowest BCUT2D eigenvalue weighted by Crippen LogP contribution is -2.20. The highest BCUT2D eigenvalue weighted by Gasteiger charge is 2.30. The number of amides is 1. The molecule has 3 rings (SSSR count). The lowest BCUT2D eigenvalue weighted by atomic mass is 10.1. The highest BCUT2D eigenvalue weighted by molar-refractivity contribution is 6.36. The van der Waals surface area contributed by atoms with Crippen LogP contribution in [0.15, 0.2) is 18.2 Å². The molecule has 2 aromatic carbocycles. The second kappa shape index (κ2) is 8.23. The molecule has 0 fully saturated rings.